The molecule has 0 aliphatic rings. The molecule has 2 aromatic carbocycles. The third-order valence-corrected chi connectivity index (χ3v) is 3.76. The molecule has 0 aliphatic heterocycles. The van der Waals surface area contributed by atoms with Crippen molar-refractivity contribution in [3.05, 3.63) is 64.0 Å². The van der Waals surface area contributed by atoms with Gasteiger partial charge in [0, 0.05) is 15.9 Å². The van der Waals surface area contributed by atoms with E-state index in [2.05, 4.69) is 10.3 Å². The summed E-state index contributed by atoms with van der Waals surface area (Å²) >= 11 is 12.2. The summed E-state index contributed by atoms with van der Waals surface area (Å²) in [5, 5.41) is 5.08. The topological polar surface area (TPSA) is 27.8 Å². The molecule has 2 nitrogen and oxygen atoms in total. The van der Waals surface area contributed by atoms with Gasteiger partial charge in [0.1, 0.15) is 5.82 Å². The van der Waals surface area contributed by atoms with Gasteiger partial charge in [0.15, 0.2) is 0 Å². The van der Waals surface area contributed by atoms with Crippen molar-refractivity contribution in [1.29, 1.82) is 0 Å². The van der Waals surface area contributed by atoms with Gasteiger partial charge in [-0.3, -0.25) is 0 Å². The summed E-state index contributed by atoms with van der Waals surface area (Å²) in [7, 11) is 0. The highest BCUT2D eigenvalue weighted by Gasteiger charge is 2.09. The minimum absolute atomic E-state index is 0.346. The summed E-state index contributed by atoms with van der Waals surface area (Å²) < 4.78 is 13.6. The minimum Gasteiger partial charge on any atom is -0.377 e. The average Bonchev–Trinajstić information content (AvgIpc) is 2.77. The van der Waals surface area contributed by atoms with Gasteiger partial charge in [-0.05, 0) is 24.3 Å². The zero-order chi connectivity index (χ0) is 14.1. The van der Waals surface area contributed by atoms with Gasteiger partial charge >= 0.3 is 0 Å². The molecular formula is C15H11Cl2FN2. The van der Waals surface area contributed by atoms with Crippen LogP contribution in [-0.2, 0) is 6.54 Å². The van der Waals surface area contributed by atoms with Gasteiger partial charge in [0.25, 0.3) is 0 Å². The van der Waals surface area contributed by atoms with Crippen LogP contribution in [0.2, 0.25) is 10.0 Å². The van der Waals surface area contributed by atoms with Crippen LogP contribution in [0.25, 0.3) is 10.9 Å². The Morgan fingerprint density at radius 2 is 1.90 bits per heavy atom. The van der Waals surface area contributed by atoms with Crippen LogP contribution in [-0.4, -0.2) is 4.98 Å². The predicted molar refractivity (Wildman–Crippen MR) is 82.0 cm³/mol. The van der Waals surface area contributed by atoms with E-state index in [1.54, 1.807) is 6.07 Å². The number of benzene rings is 2. The van der Waals surface area contributed by atoms with Gasteiger partial charge in [0.2, 0.25) is 0 Å². The van der Waals surface area contributed by atoms with Crippen molar-refractivity contribution in [2.24, 2.45) is 0 Å². The molecule has 1 heterocycles. The maximum absolute atomic E-state index is 13.6. The van der Waals surface area contributed by atoms with Gasteiger partial charge in [-0.1, -0.05) is 41.4 Å². The van der Waals surface area contributed by atoms with E-state index in [4.69, 9.17) is 23.2 Å². The number of hydrogen-bond acceptors (Lipinski definition) is 1. The number of H-pyrrole nitrogens is 1. The van der Waals surface area contributed by atoms with Gasteiger partial charge < -0.3 is 10.3 Å². The lowest BCUT2D eigenvalue weighted by Gasteiger charge is -2.07. The molecule has 0 atom stereocenters. The summed E-state index contributed by atoms with van der Waals surface area (Å²) in [5.74, 6) is -0.346. The standard InChI is InChI=1S/C15H11Cl2FN2/c16-9-5-6-11(18)13(7-9)19-8-14-15(17)10-3-1-2-4-12(10)20-14/h1-7,19-20H,8H2. The molecule has 0 saturated carbocycles. The zero-order valence-corrected chi connectivity index (χ0v) is 11.9. The molecule has 1 aromatic heterocycles. The van der Waals surface area contributed by atoms with Crippen LogP contribution in [0, 0.1) is 5.82 Å². The Morgan fingerprint density at radius 1 is 1.10 bits per heavy atom. The Morgan fingerprint density at radius 3 is 2.70 bits per heavy atom. The Balaban J connectivity index is 1.87. The summed E-state index contributed by atoms with van der Waals surface area (Å²) in [6, 6.07) is 12.1. The molecule has 0 fully saturated rings. The quantitative estimate of drug-likeness (QED) is 0.681. The van der Waals surface area contributed by atoms with Crippen LogP contribution in [0.5, 0.6) is 0 Å². The second-order valence-corrected chi connectivity index (χ2v) is 5.26. The van der Waals surface area contributed by atoms with Crippen molar-refractivity contribution in [2.75, 3.05) is 5.32 Å². The lowest BCUT2D eigenvalue weighted by atomic mass is 10.2. The van der Waals surface area contributed by atoms with Crippen LogP contribution < -0.4 is 5.32 Å². The summed E-state index contributed by atoms with van der Waals surface area (Å²) in [6.45, 7) is 0.394. The third-order valence-electron chi connectivity index (χ3n) is 3.10. The largest absolute Gasteiger partial charge is 0.377 e. The number of halogens is 3. The molecule has 3 aromatic rings. The molecule has 3 rings (SSSR count). The highest BCUT2D eigenvalue weighted by molar-refractivity contribution is 6.36. The molecule has 0 amide bonds. The van der Waals surface area contributed by atoms with Crippen LogP contribution in [0.15, 0.2) is 42.5 Å². The molecule has 0 saturated heterocycles. The molecule has 20 heavy (non-hydrogen) atoms. The number of hydrogen-bond donors (Lipinski definition) is 2. The predicted octanol–water partition coefficient (Wildman–Crippen LogP) is 5.23. The third kappa shape index (κ3) is 2.47. The molecule has 2 N–H and O–H groups in total. The van der Waals surface area contributed by atoms with Gasteiger partial charge in [-0.2, -0.15) is 0 Å². The number of para-hydroxylation sites is 1. The summed E-state index contributed by atoms with van der Waals surface area (Å²) in [5.41, 5.74) is 2.13. The molecule has 5 heteroatoms. The van der Waals surface area contributed by atoms with Crippen LogP contribution in [0.4, 0.5) is 10.1 Å². The Labute approximate surface area is 125 Å². The molecular weight excluding hydrogens is 298 g/mol. The highest BCUT2D eigenvalue weighted by atomic mass is 35.5. The van der Waals surface area contributed by atoms with E-state index in [-0.39, 0.29) is 5.82 Å². The summed E-state index contributed by atoms with van der Waals surface area (Å²) in [6.07, 6.45) is 0. The van der Waals surface area contributed by atoms with Gasteiger partial charge in [0.05, 0.1) is 22.9 Å². The van der Waals surface area contributed by atoms with E-state index in [0.717, 1.165) is 16.6 Å². The van der Waals surface area contributed by atoms with Crippen LogP contribution in [0.3, 0.4) is 0 Å². The number of anilines is 1. The fourth-order valence-electron chi connectivity index (χ4n) is 2.10. The number of rotatable bonds is 3. The van der Waals surface area contributed by atoms with Crippen LogP contribution >= 0.6 is 23.2 Å². The lowest BCUT2D eigenvalue weighted by molar-refractivity contribution is 0.630. The number of fused-ring (bicyclic) bond motifs is 1. The number of nitrogens with one attached hydrogen (secondary N) is 2. The molecule has 102 valence electrons. The van der Waals surface area contributed by atoms with Crippen molar-refractivity contribution in [3.8, 4) is 0 Å². The second-order valence-electron chi connectivity index (χ2n) is 4.44. The SMILES string of the molecule is Fc1ccc(Cl)cc1NCc1[nH]c2ccccc2c1Cl. The Kier molecular flexibility index (Phi) is 3.55. The van der Waals surface area contributed by atoms with Gasteiger partial charge in [-0.25, -0.2) is 4.39 Å². The van der Waals surface area contributed by atoms with E-state index >= 15 is 0 Å². The second kappa shape index (κ2) is 5.35. The fraction of sp³-hybridized carbons (Fsp3) is 0.0667. The fourth-order valence-corrected chi connectivity index (χ4v) is 2.55. The first-order valence-corrected chi connectivity index (χ1v) is 6.85. The Bertz CT molecular complexity index is 768. The first kappa shape index (κ1) is 13.3. The summed E-state index contributed by atoms with van der Waals surface area (Å²) in [4.78, 5) is 3.22. The van der Waals surface area contributed by atoms with Gasteiger partial charge in [-0.15, -0.1) is 0 Å². The van der Waals surface area contributed by atoms with Crippen molar-refractivity contribution in [2.45, 2.75) is 6.54 Å². The van der Waals surface area contributed by atoms with E-state index in [0.29, 0.717) is 22.3 Å². The maximum atomic E-state index is 13.6. The maximum Gasteiger partial charge on any atom is 0.146 e. The van der Waals surface area contributed by atoms with E-state index in [1.165, 1.54) is 12.1 Å². The highest BCUT2D eigenvalue weighted by Crippen LogP contribution is 2.28. The number of aromatic nitrogens is 1. The first-order chi connectivity index (χ1) is 9.65. The van der Waals surface area contributed by atoms with Crippen molar-refractivity contribution in [1.82, 2.24) is 4.98 Å². The molecule has 0 aliphatic carbocycles. The van der Waals surface area contributed by atoms with Crippen molar-refractivity contribution >= 4 is 39.8 Å². The molecule has 0 radical (unpaired) electrons. The van der Waals surface area contributed by atoms with E-state index in [1.807, 2.05) is 24.3 Å². The van der Waals surface area contributed by atoms with Crippen molar-refractivity contribution < 1.29 is 4.39 Å². The monoisotopic (exact) mass is 308 g/mol. The van der Waals surface area contributed by atoms with E-state index in [9.17, 15) is 4.39 Å². The van der Waals surface area contributed by atoms with Crippen LogP contribution in [0.1, 0.15) is 5.69 Å². The normalized spacial score (nSPS) is 10.9. The molecule has 0 bridgehead atoms. The number of aromatic amines is 1. The lowest BCUT2D eigenvalue weighted by Crippen LogP contribution is -2.02. The molecule has 0 unspecified atom stereocenters. The molecule has 0 spiro atoms. The van der Waals surface area contributed by atoms with Crippen molar-refractivity contribution in [3.63, 3.8) is 0 Å². The van der Waals surface area contributed by atoms with E-state index < -0.39 is 0 Å². The average molecular weight is 309 g/mol. The minimum atomic E-state index is -0.346. The smallest absolute Gasteiger partial charge is 0.146 e. The zero-order valence-electron chi connectivity index (χ0n) is 10.4. The Hall–Kier alpha value is -1.71. The first-order valence-electron chi connectivity index (χ1n) is 6.09.